The number of pyridine rings is 1. The largest absolute Gasteiger partial charge is 0.311 e. The molecule has 2 bridgehead atoms. The average Bonchev–Trinajstić information content (AvgIpc) is 2.60. The van der Waals surface area contributed by atoms with Crippen molar-refractivity contribution in [3.63, 3.8) is 0 Å². The van der Waals surface area contributed by atoms with Gasteiger partial charge in [0.2, 0.25) is 0 Å². The van der Waals surface area contributed by atoms with Crippen LogP contribution in [0, 0.1) is 5.92 Å². The van der Waals surface area contributed by atoms with Crippen LogP contribution in [0.5, 0.6) is 0 Å². The predicted molar refractivity (Wildman–Crippen MR) is 67.9 cm³/mol. The van der Waals surface area contributed by atoms with Crippen LogP contribution in [0.15, 0.2) is 24.5 Å². The first-order valence-corrected chi connectivity index (χ1v) is 6.05. The van der Waals surface area contributed by atoms with E-state index >= 15 is 0 Å². The Morgan fingerprint density at radius 3 is 2.62 bits per heavy atom. The van der Waals surface area contributed by atoms with Crippen LogP contribution >= 0.6 is 12.4 Å². The van der Waals surface area contributed by atoms with Gasteiger partial charge in [-0.05, 0) is 49.7 Å². The lowest BCUT2D eigenvalue weighted by molar-refractivity contribution is 0.298. The SMILES string of the molecule is Cl.c1cncc(CC2CC3CCC(C2)N3)c1. The van der Waals surface area contributed by atoms with Gasteiger partial charge in [-0.15, -0.1) is 12.4 Å². The van der Waals surface area contributed by atoms with Crippen molar-refractivity contribution < 1.29 is 0 Å². The summed E-state index contributed by atoms with van der Waals surface area (Å²) < 4.78 is 0. The second-order valence-corrected chi connectivity index (χ2v) is 5.04. The molecule has 16 heavy (non-hydrogen) atoms. The molecule has 1 aromatic rings. The molecule has 0 saturated carbocycles. The van der Waals surface area contributed by atoms with Gasteiger partial charge in [-0.3, -0.25) is 4.98 Å². The van der Waals surface area contributed by atoms with E-state index in [2.05, 4.69) is 16.4 Å². The number of rotatable bonds is 2. The number of nitrogens with one attached hydrogen (secondary N) is 1. The summed E-state index contributed by atoms with van der Waals surface area (Å²) in [5, 5.41) is 3.69. The molecule has 2 nitrogen and oxygen atoms in total. The van der Waals surface area contributed by atoms with Gasteiger partial charge in [-0.1, -0.05) is 6.07 Å². The summed E-state index contributed by atoms with van der Waals surface area (Å²) in [5.41, 5.74) is 1.41. The molecule has 0 spiro atoms. The highest BCUT2D eigenvalue weighted by Gasteiger charge is 2.33. The molecule has 2 fully saturated rings. The molecule has 1 aromatic heterocycles. The molecule has 0 aliphatic carbocycles. The third-order valence-corrected chi connectivity index (χ3v) is 3.82. The first kappa shape index (κ1) is 11.9. The zero-order valence-corrected chi connectivity index (χ0v) is 10.2. The minimum atomic E-state index is 0. The lowest BCUT2D eigenvalue weighted by Gasteiger charge is -2.29. The van der Waals surface area contributed by atoms with Crippen molar-refractivity contribution in [1.29, 1.82) is 0 Å². The summed E-state index contributed by atoms with van der Waals surface area (Å²) in [7, 11) is 0. The molecule has 0 amide bonds. The summed E-state index contributed by atoms with van der Waals surface area (Å²) in [6.45, 7) is 0. The second-order valence-electron chi connectivity index (χ2n) is 5.04. The molecule has 88 valence electrons. The van der Waals surface area contributed by atoms with Crippen molar-refractivity contribution >= 4 is 12.4 Å². The topological polar surface area (TPSA) is 24.9 Å². The molecule has 2 aliphatic rings. The predicted octanol–water partition coefficient (Wildman–Crippen LogP) is 2.58. The van der Waals surface area contributed by atoms with Crippen LogP contribution in [0.3, 0.4) is 0 Å². The van der Waals surface area contributed by atoms with Gasteiger partial charge in [0.05, 0.1) is 0 Å². The molecule has 3 heterocycles. The summed E-state index contributed by atoms with van der Waals surface area (Å²) >= 11 is 0. The molecular formula is C13H19ClN2. The van der Waals surface area contributed by atoms with Gasteiger partial charge < -0.3 is 5.32 Å². The molecule has 3 heteroatoms. The second kappa shape index (κ2) is 5.15. The Balaban J connectivity index is 0.000000963. The summed E-state index contributed by atoms with van der Waals surface area (Å²) in [6, 6.07) is 5.87. The Labute approximate surface area is 103 Å². The fourth-order valence-electron chi connectivity index (χ4n) is 3.19. The van der Waals surface area contributed by atoms with E-state index in [4.69, 9.17) is 0 Å². The maximum atomic E-state index is 4.19. The highest BCUT2D eigenvalue weighted by molar-refractivity contribution is 5.85. The molecule has 2 atom stereocenters. The first-order valence-electron chi connectivity index (χ1n) is 6.05. The van der Waals surface area contributed by atoms with Crippen molar-refractivity contribution in [2.24, 2.45) is 5.92 Å². The monoisotopic (exact) mass is 238 g/mol. The lowest BCUT2D eigenvalue weighted by Crippen LogP contribution is -2.38. The Morgan fingerprint density at radius 1 is 1.25 bits per heavy atom. The van der Waals surface area contributed by atoms with Gasteiger partial charge in [0, 0.05) is 24.5 Å². The number of aromatic nitrogens is 1. The number of piperidine rings is 1. The minimum Gasteiger partial charge on any atom is -0.311 e. The molecule has 1 N–H and O–H groups in total. The van der Waals surface area contributed by atoms with E-state index < -0.39 is 0 Å². The van der Waals surface area contributed by atoms with E-state index in [1.165, 1.54) is 37.7 Å². The number of halogens is 1. The van der Waals surface area contributed by atoms with Gasteiger partial charge in [0.25, 0.3) is 0 Å². The van der Waals surface area contributed by atoms with Crippen LogP contribution in [-0.4, -0.2) is 17.1 Å². The van der Waals surface area contributed by atoms with Crippen LogP contribution < -0.4 is 5.32 Å². The van der Waals surface area contributed by atoms with Gasteiger partial charge >= 0.3 is 0 Å². The number of fused-ring (bicyclic) bond motifs is 2. The van der Waals surface area contributed by atoms with Crippen LogP contribution in [-0.2, 0) is 6.42 Å². The fourth-order valence-corrected chi connectivity index (χ4v) is 3.19. The first-order chi connectivity index (χ1) is 7.40. The molecule has 2 saturated heterocycles. The molecular weight excluding hydrogens is 220 g/mol. The van der Waals surface area contributed by atoms with E-state index in [1.807, 2.05) is 18.5 Å². The Morgan fingerprint density at radius 2 is 2.00 bits per heavy atom. The van der Waals surface area contributed by atoms with Gasteiger partial charge in [0.1, 0.15) is 0 Å². The zero-order chi connectivity index (χ0) is 10.1. The maximum Gasteiger partial charge on any atom is 0.0299 e. The van der Waals surface area contributed by atoms with Gasteiger partial charge in [-0.25, -0.2) is 0 Å². The van der Waals surface area contributed by atoms with E-state index in [0.29, 0.717) is 0 Å². The summed E-state index contributed by atoms with van der Waals surface area (Å²) in [5.74, 6) is 0.882. The highest BCUT2D eigenvalue weighted by Crippen LogP contribution is 2.32. The third-order valence-electron chi connectivity index (χ3n) is 3.82. The van der Waals surface area contributed by atoms with Gasteiger partial charge in [0.15, 0.2) is 0 Å². The highest BCUT2D eigenvalue weighted by atomic mass is 35.5. The Bertz CT molecular complexity index is 316. The van der Waals surface area contributed by atoms with Crippen molar-refractivity contribution in [3.8, 4) is 0 Å². The van der Waals surface area contributed by atoms with E-state index in [0.717, 1.165) is 18.0 Å². The fraction of sp³-hybridized carbons (Fsp3) is 0.615. The number of hydrogen-bond acceptors (Lipinski definition) is 2. The van der Waals surface area contributed by atoms with E-state index in [-0.39, 0.29) is 12.4 Å². The standard InChI is InChI=1S/C13H18N2.ClH/c1-2-10(9-14-5-1)6-11-7-12-3-4-13(8-11)15-12;/h1-2,5,9,11-13,15H,3-4,6-8H2;1H. The van der Waals surface area contributed by atoms with Crippen LogP contribution in [0.1, 0.15) is 31.2 Å². The maximum absolute atomic E-state index is 4.19. The summed E-state index contributed by atoms with van der Waals surface area (Å²) in [6.07, 6.45) is 10.6. The summed E-state index contributed by atoms with van der Waals surface area (Å²) in [4.78, 5) is 4.19. The van der Waals surface area contributed by atoms with Crippen molar-refractivity contribution in [2.45, 2.75) is 44.2 Å². The molecule has 2 unspecified atom stereocenters. The molecule has 0 aromatic carbocycles. The van der Waals surface area contributed by atoms with Gasteiger partial charge in [-0.2, -0.15) is 0 Å². The minimum absolute atomic E-state index is 0. The van der Waals surface area contributed by atoms with Crippen molar-refractivity contribution in [2.75, 3.05) is 0 Å². The third kappa shape index (κ3) is 2.55. The molecule has 3 rings (SSSR count). The van der Waals surface area contributed by atoms with Crippen LogP contribution in [0.4, 0.5) is 0 Å². The Hall–Kier alpha value is -0.600. The molecule has 2 aliphatic heterocycles. The lowest BCUT2D eigenvalue weighted by atomic mass is 9.87. The van der Waals surface area contributed by atoms with Crippen LogP contribution in [0.25, 0.3) is 0 Å². The Kier molecular flexibility index (Phi) is 3.82. The van der Waals surface area contributed by atoms with E-state index in [1.54, 1.807) is 0 Å². The smallest absolute Gasteiger partial charge is 0.0299 e. The average molecular weight is 239 g/mol. The van der Waals surface area contributed by atoms with Crippen LogP contribution in [0.2, 0.25) is 0 Å². The molecule has 0 radical (unpaired) electrons. The normalized spacial score (nSPS) is 32.1. The van der Waals surface area contributed by atoms with Crippen molar-refractivity contribution in [1.82, 2.24) is 10.3 Å². The van der Waals surface area contributed by atoms with Crippen molar-refractivity contribution in [3.05, 3.63) is 30.1 Å². The number of nitrogens with zero attached hydrogens (tertiary/aromatic N) is 1. The quantitative estimate of drug-likeness (QED) is 0.857. The van der Waals surface area contributed by atoms with E-state index in [9.17, 15) is 0 Å². The number of hydrogen-bond donors (Lipinski definition) is 1. The zero-order valence-electron chi connectivity index (χ0n) is 9.43.